The zero-order valence-corrected chi connectivity index (χ0v) is 27.1. The summed E-state index contributed by atoms with van der Waals surface area (Å²) in [5.41, 5.74) is 1.44. The molecule has 3 rings (SSSR count). The third-order valence-corrected chi connectivity index (χ3v) is 9.66. The molecule has 0 aliphatic carbocycles. The first-order valence-corrected chi connectivity index (χ1v) is 15.8. The minimum absolute atomic E-state index is 0.0175. The second-order valence-corrected chi connectivity index (χ2v) is 12.9. The number of methoxy groups -OCH3 is 1. The first-order chi connectivity index (χ1) is 19.8. The van der Waals surface area contributed by atoms with Crippen LogP contribution < -0.4 is 14.4 Å². The second kappa shape index (κ2) is 14.5. The predicted octanol–water partition coefficient (Wildman–Crippen LogP) is 6.49. The molecule has 2 amide bonds. The van der Waals surface area contributed by atoms with Gasteiger partial charge in [-0.3, -0.25) is 13.9 Å². The molecule has 0 heterocycles. The molecule has 0 aliphatic heterocycles. The smallest absolute Gasteiger partial charge is 0.264 e. The quantitative estimate of drug-likeness (QED) is 0.241. The average Bonchev–Trinajstić information content (AvgIpc) is 2.95. The fourth-order valence-electron chi connectivity index (χ4n) is 4.08. The minimum atomic E-state index is -4.26. The van der Waals surface area contributed by atoms with Gasteiger partial charge in [-0.2, -0.15) is 0 Å². The molecule has 2 atom stereocenters. The van der Waals surface area contributed by atoms with Crippen molar-refractivity contribution in [1.29, 1.82) is 0 Å². The van der Waals surface area contributed by atoms with E-state index < -0.39 is 34.4 Å². The standard InChI is InChI=1S/C30H34Cl3N3O5S/c1-6-20(3)34-30(38)21(4)35(17-24-25(31)8-7-9-26(24)32)29(37)18-36(22-12-15-28(41-5)27(33)16-22)42(39,40)23-13-10-19(2)11-14-23/h7-16,20-21H,6,17-18H2,1-5H3,(H,34,38)/t20-,21+/m1/s1. The van der Waals surface area contributed by atoms with E-state index in [1.807, 2.05) is 20.8 Å². The predicted molar refractivity (Wildman–Crippen MR) is 168 cm³/mol. The Labute approximate surface area is 262 Å². The van der Waals surface area contributed by atoms with Crippen LogP contribution in [0, 0.1) is 6.92 Å². The summed E-state index contributed by atoms with van der Waals surface area (Å²) >= 11 is 19.2. The number of sulfonamides is 1. The molecule has 0 saturated carbocycles. The second-order valence-electron chi connectivity index (χ2n) is 9.86. The number of hydrogen-bond donors (Lipinski definition) is 1. The number of anilines is 1. The van der Waals surface area contributed by atoms with Gasteiger partial charge in [0.25, 0.3) is 10.0 Å². The van der Waals surface area contributed by atoms with Crippen molar-refractivity contribution in [3.8, 4) is 5.75 Å². The van der Waals surface area contributed by atoms with Crippen LogP contribution in [0.4, 0.5) is 5.69 Å². The molecule has 0 aliphatic rings. The monoisotopic (exact) mass is 653 g/mol. The Balaban J connectivity index is 2.10. The SMILES string of the molecule is CC[C@@H](C)NC(=O)[C@H](C)N(Cc1c(Cl)cccc1Cl)C(=O)CN(c1ccc(OC)c(Cl)c1)S(=O)(=O)c1ccc(C)cc1. The van der Waals surface area contributed by atoms with Gasteiger partial charge in [0.15, 0.2) is 0 Å². The Kier molecular flexibility index (Phi) is 11.5. The number of carbonyl (C=O) groups excluding carboxylic acids is 2. The van der Waals surface area contributed by atoms with Crippen molar-refractivity contribution >= 4 is 62.3 Å². The summed E-state index contributed by atoms with van der Waals surface area (Å²) in [5.74, 6) is -0.716. The van der Waals surface area contributed by atoms with E-state index in [9.17, 15) is 18.0 Å². The Morgan fingerprint density at radius 3 is 2.12 bits per heavy atom. The van der Waals surface area contributed by atoms with E-state index in [-0.39, 0.29) is 28.2 Å². The molecule has 0 radical (unpaired) electrons. The number of hydrogen-bond acceptors (Lipinski definition) is 5. The van der Waals surface area contributed by atoms with Crippen LogP contribution >= 0.6 is 34.8 Å². The van der Waals surface area contributed by atoms with E-state index in [2.05, 4.69) is 5.32 Å². The number of halogens is 3. The van der Waals surface area contributed by atoms with Crippen LogP contribution in [0.2, 0.25) is 15.1 Å². The highest BCUT2D eigenvalue weighted by atomic mass is 35.5. The van der Waals surface area contributed by atoms with Gasteiger partial charge in [-0.05, 0) is 69.7 Å². The number of nitrogens with one attached hydrogen (secondary N) is 1. The van der Waals surface area contributed by atoms with Crippen molar-refractivity contribution in [3.05, 3.63) is 86.9 Å². The average molecular weight is 655 g/mol. The zero-order chi connectivity index (χ0) is 31.2. The Morgan fingerprint density at radius 2 is 1.57 bits per heavy atom. The molecular formula is C30H34Cl3N3O5S. The first-order valence-electron chi connectivity index (χ1n) is 13.3. The van der Waals surface area contributed by atoms with Gasteiger partial charge in [-0.1, -0.05) is 65.5 Å². The van der Waals surface area contributed by atoms with Gasteiger partial charge in [0.05, 0.1) is 22.7 Å². The van der Waals surface area contributed by atoms with Crippen molar-refractivity contribution in [3.63, 3.8) is 0 Å². The summed E-state index contributed by atoms with van der Waals surface area (Å²) in [7, 11) is -2.82. The van der Waals surface area contributed by atoms with Crippen LogP contribution in [0.3, 0.4) is 0 Å². The number of benzene rings is 3. The van der Waals surface area contributed by atoms with Crippen LogP contribution in [0.1, 0.15) is 38.3 Å². The van der Waals surface area contributed by atoms with E-state index in [0.29, 0.717) is 27.8 Å². The summed E-state index contributed by atoms with van der Waals surface area (Å²) in [6.45, 7) is 6.42. The molecule has 0 fully saturated rings. The molecule has 1 N–H and O–H groups in total. The molecule has 0 bridgehead atoms. The number of carbonyl (C=O) groups is 2. The lowest BCUT2D eigenvalue weighted by molar-refractivity contribution is -0.139. The molecule has 42 heavy (non-hydrogen) atoms. The largest absolute Gasteiger partial charge is 0.495 e. The van der Waals surface area contributed by atoms with Crippen LogP contribution in [-0.4, -0.2) is 50.9 Å². The summed E-state index contributed by atoms with van der Waals surface area (Å²) in [6, 6.07) is 14.5. The van der Waals surface area contributed by atoms with E-state index in [1.165, 1.54) is 42.3 Å². The van der Waals surface area contributed by atoms with E-state index >= 15 is 0 Å². The Bertz CT molecular complexity index is 1510. The van der Waals surface area contributed by atoms with Crippen molar-refractivity contribution in [2.75, 3.05) is 18.0 Å². The molecule has 0 saturated heterocycles. The van der Waals surface area contributed by atoms with Crippen molar-refractivity contribution < 1.29 is 22.7 Å². The van der Waals surface area contributed by atoms with E-state index in [4.69, 9.17) is 39.5 Å². The van der Waals surface area contributed by atoms with Gasteiger partial charge in [0.1, 0.15) is 18.3 Å². The molecule has 8 nitrogen and oxygen atoms in total. The molecule has 0 aromatic heterocycles. The van der Waals surface area contributed by atoms with Crippen LogP contribution in [0.25, 0.3) is 0 Å². The normalized spacial score (nSPS) is 12.8. The lowest BCUT2D eigenvalue weighted by atomic mass is 10.1. The topological polar surface area (TPSA) is 96.0 Å². The molecule has 12 heteroatoms. The number of ether oxygens (including phenoxy) is 1. The van der Waals surface area contributed by atoms with Crippen LogP contribution in [0.5, 0.6) is 5.75 Å². The fraction of sp³-hybridized carbons (Fsp3) is 0.333. The number of aryl methyl sites for hydroxylation is 1. The van der Waals surface area contributed by atoms with Gasteiger partial charge < -0.3 is 15.0 Å². The Morgan fingerprint density at radius 1 is 0.952 bits per heavy atom. The van der Waals surface area contributed by atoms with Gasteiger partial charge in [-0.25, -0.2) is 8.42 Å². The lowest BCUT2D eigenvalue weighted by Crippen LogP contribution is -2.52. The highest BCUT2D eigenvalue weighted by molar-refractivity contribution is 7.92. The summed E-state index contributed by atoms with van der Waals surface area (Å²) in [5, 5.41) is 3.66. The maximum atomic E-state index is 14.1. The molecular weight excluding hydrogens is 621 g/mol. The Hall–Kier alpha value is -2.98. The summed E-state index contributed by atoms with van der Waals surface area (Å²) < 4.78 is 34.2. The van der Waals surface area contributed by atoms with Crippen molar-refractivity contribution in [2.24, 2.45) is 0 Å². The number of rotatable bonds is 12. The minimum Gasteiger partial charge on any atom is -0.495 e. The van der Waals surface area contributed by atoms with E-state index in [1.54, 1.807) is 37.3 Å². The van der Waals surface area contributed by atoms with Crippen LogP contribution in [0.15, 0.2) is 65.6 Å². The zero-order valence-electron chi connectivity index (χ0n) is 24.0. The first kappa shape index (κ1) is 33.5. The molecule has 0 spiro atoms. The van der Waals surface area contributed by atoms with Gasteiger partial charge >= 0.3 is 0 Å². The number of nitrogens with zero attached hydrogens (tertiary/aromatic N) is 2. The third kappa shape index (κ3) is 7.89. The fourth-order valence-corrected chi connectivity index (χ4v) is 6.25. The van der Waals surface area contributed by atoms with E-state index in [0.717, 1.165) is 9.87 Å². The van der Waals surface area contributed by atoms with Crippen molar-refractivity contribution in [2.45, 2.75) is 57.6 Å². The van der Waals surface area contributed by atoms with Crippen molar-refractivity contribution in [1.82, 2.24) is 10.2 Å². The van der Waals surface area contributed by atoms with Gasteiger partial charge in [0, 0.05) is 28.2 Å². The summed E-state index contributed by atoms with van der Waals surface area (Å²) in [6.07, 6.45) is 0.684. The molecule has 3 aromatic rings. The van der Waals surface area contributed by atoms with Gasteiger partial charge in [0.2, 0.25) is 11.8 Å². The highest BCUT2D eigenvalue weighted by Crippen LogP contribution is 2.33. The molecule has 3 aromatic carbocycles. The van der Waals surface area contributed by atoms with Crippen LogP contribution in [-0.2, 0) is 26.2 Å². The molecule has 226 valence electrons. The number of amides is 2. The maximum absolute atomic E-state index is 14.1. The summed E-state index contributed by atoms with van der Waals surface area (Å²) in [4.78, 5) is 28.6. The third-order valence-electron chi connectivity index (χ3n) is 6.87. The highest BCUT2D eigenvalue weighted by Gasteiger charge is 2.33. The molecule has 0 unspecified atom stereocenters. The lowest BCUT2D eigenvalue weighted by Gasteiger charge is -2.33. The maximum Gasteiger partial charge on any atom is 0.264 e. The van der Waals surface area contributed by atoms with Gasteiger partial charge in [-0.15, -0.1) is 0 Å².